The highest BCUT2D eigenvalue weighted by molar-refractivity contribution is 6.05. The lowest BCUT2D eigenvalue weighted by Crippen LogP contribution is -2.33. The normalized spacial score (nSPS) is 13.2. The van der Waals surface area contributed by atoms with Gasteiger partial charge in [0.1, 0.15) is 11.6 Å². The Balaban J connectivity index is 1.67. The van der Waals surface area contributed by atoms with Crippen LogP contribution in [-0.4, -0.2) is 41.8 Å². The predicted molar refractivity (Wildman–Crippen MR) is 111 cm³/mol. The third kappa shape index (κ3) is 3.42. The summed E-state index contributed by atoms with van der Waals surface area (Å²) in [7, 11) is 0. The van der Waals surface area contributed by atoms with Gasteiger partial charge in [-0.15, -0.1) is 10.2 Å². The van der Waals surface area contributed by atoms with Gasteiger partial charge >= 0.3 is 5.69 Å². The van der Waals surface area contributed by atoms with Crippen LogP contribution in [0.2, 0.25) is 0 Å². The minimum Gasteiger partial charge on any atom is -0.352 e. The first-order valence-electron chi connectivity index (χ1n) is 10.3. The van der Waals surface area contributed by atoms with E-state index in [9.17, 15) is 14.4 Å². The van der Waals surface area contributed by atoms with E-state index in [1.54, 1.807) is 13.0 Å². The van der Waals surface area contributed by atoms with Crippen molar-refractivity contribution < 1.29 is 4.79 Å². The van der Waals surface area contributed by atoms with E-state index in [0.29, 0.717) is 25.2 Å². The van der Waals surface area contributed by atoms with Crippen molar-refractivity contribution in [3.8, 4) is 0 Å². The third-order valence-corrected chi connectivity index (χ3v) is 5.44. The number of nitrogens with one attached hydrogen (secondary N) is 2. The highest BCUT2D eigenvalue weighted by atomic mass is 16.2. The van der Waals surface area contributed by atoms with Crippen molar-refractivity contribution in [2.24, 2.45) is 0 Å². The number of carbonyl (C=O) groups is 1. The Hall–Kier alpha value is -3.30. The minimum atomic E-state index is -0.608. The Morgan fingerprint density at radius 3 is 2.83 bits per heavy atom. The molecule has 0 saturated carbocycles. The van der Waals surface area contributed by atoms with Crippen LogP contribution in [0.3, 0.4) is 0 Å². The summed E-state index contributed by atoms with van der Waals surface area (Å²) in [4.78, 5) is 44.6. The van der Waals surface area contributed by atoms with Crippen LogP contribution >= 0.6 is 0 Å². The third-order valence-electron chi connectivity index (χ3n) is 5.44. The molecule has 4 heterocycles. The van der Waals surface area contributed by atoms with Crippen LogP contribution in [0.1, 0.15) is 60.8 Å². The lowest BCUT2D eigenvalue weighted by Gasteiger charge is -2.14. The van der Waals surface area contributed by atoms with E-state index in [0.717, 1.165) is 31.0 Å². The van der Waals surface area contributed by atoms with Gasteiger partial charge in [0.2, 0.25) is 0 Å². The van der Waals surface area contributed by atoms with Gasteiger partial charge in [0.25, 0.3) is 11.5 Å². The van der Waals surface area contributed by atoms with Crippen LogP contribution in [-0.2, 0) is 25.9 Å². The molecule has 4 rings (SSSR count). The second-order valence-electron chi connectivity index (χ2n) is 7.75. The first-order chi connectivity index (χ1) is 14.4. The number of pyridine rings is 1. The number of hydrogen-bond acceptors (Lipinski definition) is 6. The fourth-order valence-corrected chi connectivity index (χ4v) is 3.84. The number of H-pyrrole nitrogens is 1. The molecule has 2 N–H and O–H groups in total. The zero-order valence-corrected chi connectivity index (χ0v) is 17.4. The average molecular weight is 411 g/mol. The molecule has 0 atom stereocenters. The van der Waals surface area contributed by atoms with E-state index in [2.05, 4.69) is 30.0 Å². The van der Waals surface area contributed by atoms with Crippen molar-refractivity contribution in [2.75, 3.05) is 6.54 Å². The van der Waals surface area contributed by atoms with Crippen molar-refractivity contribution >= 4 is 16.9 Å². The molecule has 0 unspecified atom stereocenters. The summed E-state index contributed by atoms with van der Waals surface area (Å²) in [5.41, 5.74) is -0.0371. The second kappa shape index (κ2) is 7.85. The highest BCUT2D eigenvalue weighted by Crippen LogP contribution is 2.20. The van der Waals surface area contributed by atoms with Crippen molar-refractivity contribution in [3.63, 3.8) is 0 Å². The van der Waals surface area contributed by atoms with Crippen LogP contribution in [0.4, 0.5) is 0 Å². The summed E-state index contributed by atoms with van der Waals surface area (Å²) < 4.78 is 3.47. The largest absolute Gasteiger partial charge is 0.352 e. The maximum Gasteiger partial charge on any atom is 0.329 e. The molecule has 10 heteroatoms. The molecular formula is C20H25N7O3. The molecule has 30 heavy (non-hydrogen) atoms. The minimum absolute atomic E-state index is 0.0271. The molecule has 0 aromatic carbocycles. The Labute approximate surface area is 172 Å². The second-order valence-corrected chi connectivity index (χ2v) is 7.75. The maximum atomic E-state index is 13.0. The molecule has 1 aliphatic rings. The smallest absolute Gasteiger partial charge is 0.329 e. The van der Waals surface area contributed by atoms with Crippen LogP contribution in [0.25, 0.3) is 11.0 Å². The lowest BCUT2D eigenvalue weighted by molar-refractivity contribution is 0.0955. The highest BCUT2D eigenvalue weighted by Gasteiger charge is 2.21. The van der Waals surface area contributed by atoms with Gasteiger partial charge in [-0.1, -0.05) is 13.8 Å². The predicted octanol–water partition coefficient (Wildman–Crippen LogP) is 0.738. The van der Waals surface area contributed by atoms with Crippen molar-refractivity contribution in [1.29, 1.82) is 0 Å². The Morgan fingerprint density at radius 1 is 1.30 bits per heavy atom. The van der Waals surface area contributed by atoms with Gasteiger partial charge in [0.05, 0.1) is 10.9 Å². The maximum absolute atomic E-state index is 13.0. The fourth-order valence-electron chi connectivity index (χ4n) is 3.84. The molecular weight excluding hydrogens is 386 g/mol. The zero-order valence-electron chi connectivity index (χ0n) is 17.4. The van der Waals surface area contributed by atoms with Gasteiger partial charge in [-0.3, -0.25) is 19.1 Å². The number of rotatable bonds is 6. The topological polar surface area (TPSA) is 128 Å². The standard InChI is InChI=1S/C20H25N7O3/c1-4-26-17-16(19(29)23-20(26)30)12(10-13(22-17)11(2)3)18(28)21-8-7-15-25-24-14-6-5-9-27(14)15/h10-11H,4-9H2,1-3H3,(H,21,28)(H,23,29,30). The summed E-state index contributed by atoms with van der Waals surface area (Å²) in [6.45, 7) is 7.29. The van der Waals surface area contributed by atoms with Crippen molar-refractivity contribution in [2.45, 2.75) is 59.0 Å². The van der Waals surface area contributed by atoms with Gasteiger partial charge < -0.3 is 9.88 Å². The van der Waals surface area contributed by atoms with E-state index in [1.807, 2.05) is 13.8 Å². The van der Waals surface area contributed by atoms with E-state index < -0.39 is 11.2 Å². The molecule has 10 nitrogen and oxygen atoms in total. The van der Waals surface area contributed by atoms with Gasteiger partial charge in [-0.2, -0.15) is 0 Å². The number of aromatic nitrogens is 6. The molecule has 1 aliphatic heterocycles. The number of nitrogens with zero attached hydrogens (tertiary/aromatic N) is 5. The molecule has 0 fully saturated rings. The summed E-state index contributed by atoms with van der Waals surface area (Å²) in [6.07, 6.45) is 2.55. The van der Waals surface area contributed by atoms with Gasteiger partial charge in [-0.25, -0.2) is 9.78 Å². The number of carbonyl (C=O) groups excluding carboxylic acids is 1. The Bertz CT molecular complexity index is 1240. The summed E-state index contributed by atoms with van der Waals surface area (Å²) in [6, 6.07) is 1.64. The molecule has 1 amide bonds. The number of hydrogen-bond donors (Lipinski definition) is 2. The monoisotopic (exact) mass is 411 g/mol. The van der Waals surface area contributed by atoms with E-state index in [4.69, 9.17) is 0 Å². The number of amides is 1. The SMILES string of the molecule is CCn1c(=O)[nH]c(=O)c2c(C(=O)NCCc3nnc4n3CCC4)cc(C(C)C)nc21. The number of aromatic amines is 1. The average Bonchev–Trinajstić information content (AvgIpc) is 3.32. The fraction of sp³-hybridized carbons (Fsp3) is 0.500. The van der Waals surface area contributed by atoms with Crippen LogP contribution in [0, 0.1) is 0 Å². The molecule has 0 radical (unpaired) electrons. The van der Waals surface area contributed by atoms with Gasteiger partial charge in [0.15, 0.2) is 5.65 Å². The summed E-state index contributed by atoms with van der Waals surface area (Å²) in [5.74, 6) is 1.49. The quantitative estimate of drug-likeness (QED) is 0.616. The molecule has 0 aliphatic carbocycles. The summed E-state index contributed by atoms with van der Waals surface area (Å²) in [5, 5.41) is 11.4. The van der Waals surface area contributed by atoms with E-state index in [1.165, 1.54) is 4.57 Å². The van der Waals surface area contributed by atoms with E-state index in [-0.39, 0.29) is 28.4 Å². The van der Waals surface area contributed by atoms with Crippen molar-refractivity contribution in [1.82, 2.24) is 34.6 Å². The van der Waals surface area contributed by atoms with Gasteiger partial charge in [-0.05, 0) is 25.3 Å². The molecule has 0 bridgehead atoms. The molecule has 0 saturated heterocycles. The first-order valence-corrected chi connectivity index (χ1v) is 10.3. The molecule has 0 spiro atoms. The molecule has 158 valence electrons. The van der Waals surface area contributed by atoms with Crippen molar-refractivity contribution in [3.05, 3.63) is 49.8 Å². The number of fused-ring (bicyclic) bond motifs is 2. The first kappa shape index (κ1) is 20.0. The van der Waals surface area contributed by atoms with Gasteiger partial charge in [0, 0.05) is 38.2 Å². The van der Waals surface area contributed by atoms with Crippen LogP contribution < -0.4 is 16.6 Å². The van der Waals surface area contributed by atoms with E-state index >= 15 is 0 Å². The summed E-state index contributed by atoms with van der Waals surface area (Å²) >= 11 is 0. The van der Waals surface area contributed by atoms with Crippen LogP contribution in [0.15, 0.2) is 15.7 Å². The lowest BCUT2D eigenvalue weighted by atomic mass is 10.0. The zero-order chi connectivity index (χ0) is 21.4. The Morgan fingerprint density at radius 2 is 2.10 bits per heavy atom. The molecule has 3 aromatic rings. The molecule has 3 aromatic heterocycles. The number of aryl methyl sites for hydroxylation is 2. The van der Waals surface area contributed by atoms with Crippen LogP contribution in [0.5, 0.6) is 0 Å². The Kier molecular flexibility index (Phi) is 5.23.